The Hall–Kier alpha value is -0.140. The topological polar surface area (TPSA) is 114 Å². The van der Waals surface area contributed by atoms with Crippen LogP contribution in [0.15, 0.2) is 0 Å². The van der Waals surface area contributed by atoms with E-state index < -0.39 is 12.1 Å². The number of esters is 1. The van der Waals surface area contributed by atoms with Crippen LogP contribution >= 0.6 is 0 Å². The number of carbonyl (C=O) groups is 2. The molecule has 0 atom stereocenters. The second kappa shape index (κ2) is 8.86. The minimum Gasteiger partial charge on any atom is -1.00 e. The van der Waals surface area contributed by atoms with Crippen molar-refractivity contribution in [3.05, 3.63) is 0 Å². The van der Waals surface area contributed by atoms with Gasteiger partial charge in [-0.1, -0.05) is 0 Å². The van der Waals surface area contributed by atoms with Crippen molar-refractivity contribution in [2.24, 2.45) is 5.90 Å². The summed E-state index contributed by atoms with van der Waals surface area (Å²) in [7, 11) is 0. The molecule has 0 spiro atoms. The number of rotatable bonds is 0. The monoisotopic (exact) mass is 160 g/mol. The molecule has 0 aliphatic carbocycles. The SMILES string of the molecule is CC(=O)OC(=O)ON.N.[H-].[Na+]. The van der Waals surface area contributed by atoms with Crippen LogP contribution in [-0.2, 0) is 14.4 Å². The maximum absolute atomic E-state index is 9.83. The van der Waals surface area contributed by atoms with E-state index in [1.165, 1.54) is 0 Å². The molecule has 0 unspecified atom stereocenters. The van der Waals surface area contributed by atoms with E-state index in [0.29, 0.717) is 0 Å². The molecule has 0 fully saturated rings. The molecule has 6 nitrogen and oxygen atoms in total. The molecular formula is C3H9N2NaO4. The summed E-state index contributed by atoms with van der Waals surface area (Å²) in [6, 6.07) is 0. The van der Waals surface area contributed by atoms with Gasteiger partial charge in [0.1, 0.15) is 0 Å². The minimum atomic E-state index is -1.20. The first-order valence-electron chi connectivity index (χ1n) is 1.76. The van der Waals surface area contributed by atoms with Crippen LogP contribution in [0.25, 0.3) is 0 Å². The van der Waals surface area contributed by atoms with Crippen LogP contribution in [0.5, 0.6) is 0 Å². The molecule has 5 N–H and O–H groups in total. The Bertz CT molecular complexity index is 122. The summed E-state index contributed by atoms with van der Waals surface area (Å²) >= 11 is 0. The molecule has 0 aromatic rings. The van der Waals surface area contributed by atoms with Crippen molar-refractivity contribution in [2.45, 2.75) is 6.92 Å². The summed E-state index contributed by atoms with van der Waals surface area (Å²) in [4.78, 5) is 23.1. The fraction of sp³-hybridized carbons (Fsp3) is 0.333. The largest absolute Gasteiger partial charge is 1.00 e. The Morgan fingerprint density at radius 3 is 2.00 bits per heavy atom. The van der Waals surface area contributed by atoms with Crippen molar-refractivity contribution in [3.63, 3.8) is 0 Å². The van der Waals surface area contributed by atoms with Gasteiger partial charge in [0.15, 0.2) is 0 Å². The van der Waals surface area contributed by atoms with Gasteiger partial charge in [0.05, 0.1) is 0 Å². The van der Waals surface area contributed by atoms with Crippen LogP contribution in [-0.4, -0.2) is 12.1 Å². The van der Waals surface area contributed by atoms with E-state index in [2.05, 4.69) is 15.5 Å². The van der Waals surface area contributed by atoms with Gasteiger partial charge < -0.3 is 17.2 Å². The Morgan fingerprint density at radius 1 is 1.50 bits per heavy atom. The molecule has 56 valence electrons. The van der Waals surface area contributed by atoms with Crippen LogP contribution < -0.4 is 41.6 Å². The molecule has 0 saturated carbocycles. The molecule has 0 bridgehead atoms. The molecule has 0 aromatic heterocycles. The van der Waals surface area contributed by atoms with E-state index in [4.69, 9.17) is 0 Å². The van der Waals surface area contributed by atoms with Crippen molar-refractivity contribution in [1.29, 1.82) is 0 Å². The van der Waals surface area contributed by atoms with Gasteiger partial charge in [-0.2, -0.15) is 5.90 Å². The van der Waals surface area contributed by atoms with Crippen molar-refractivity contribution >= 4 is 12.1 Å². The van der Waals surface area contributed by atoms with Gasteiger partial charge >= 0.3 is 41.7 Å². The second-order valence-electron chi connectivity index (χ2n) is 0.961. The Balaban J connectivity index is -0.0000000817. The molecule has 0 saturated heterocycles. The number of ether oxygens (including phenoxy) is 1. The fourth-order valence-electron chi connectivity index (χ4n) is 0.141. The summed E-state index contributed by atoms with van der Waals surface area (Å²) < 4.78 is 3.77. The van der Waals surface area contributed by atoms with Crippen LogP contribution in [0, 0.1) is 0 Å². The van der Waals surface area contributed by atoms with Crippen LogP contribution in [0.1, 0.15) is 8.35 Å². The summed E-state index contributed by atoms with van der Waals surface area (Å²) in [6.45, 7) is 1.07. The predicted octanol–water partition coefficient (Wildman–Crippen LogP) is -3.16. The van der Waals surface area contributed by atoms with Gasteiger partial charge in [0.25, 0.3) is 0 Å². The molecule has 0 rings (SSSR count). The molecule has 0 amide bonds. The average Bonchev–Trinajstić information content (AvgIpc) is 1.65. The van der Waals surface area contributed by atoms with Gasteiger partial charge in [-0.3, -0.25) is 4.79 Å². The maximum Gasteiger partial charge on any atom is 1.00 e. The molecule has 10 heavy (non-hydrogen) atoms. The third-order valence-electron chi connectivity index (χ3n) is 0.323. The van der Waals surface area contributed by atoms with Crippen molar-refractivity contribution in [2.75, 3.05) is 0 Å². The van der Waals surface area contributed by atoms with Gasteiger partial charge in [-0.15, -0.1) is 0 Å². The van der Waals surface area contributed by atoms with Gasteiger partial charge in [0, 0.05) is 6.92 Å². The first-order chi connectivity index (χ1) is 3.66. The second-order valence-corrected chi connectivity index (χ2v) is 0.961. The zero-order valence-electron chi connectivity index (χ0n) is 6.92. The van der Waals surface area contributed by atoms with E-state index in [1.54, 1.807) is 0 Å². The van der Waals surface area contributed by atoms with E-state index in [1.807, 2.05) is 0 Å². The quantitative estimate of drug-likeness (QED) is 0.167. The zero-order valence-corrected chi connectivity index (χ0v) is 7.92. The van der Waals surface area contributed by atoms with Crippen molar-refractivity contribution < 1.29 is 50.1 Å². The minimum absolute atomic E-state index is 0. The zero-order chi connectivity index (χ0) is 6.57. The number of nitrogens with two attached hydrogens (primary N) is 1. The van der Waals surface area contributed by atoms with E-state index in [0.717, 1.165) is 6.92 Å². The normalized spacial score (nSPS) is 6.20. The van der Waals surface area contributed by atoms with Crippen molar-refractivity contribution in [3.8, 4) is 0 Å². The number of hydrogen-bond donors (Lipinski definition) is 2. The molecular weight excluding hydrogens is 151 g/mol. The van der Waals surface area contributed by atoms with Crippen LogP contribution in [0.2, 0.25) is 0 Å². The maximum atomic E-state index is 9.83. The summed E-state index contributed by atoms with van der Waals surface area (Å²) in [6.07, 6.45) is -1.20. The number of hydrogen-bond acceptors (Lipinski definition) is 6. The van der Waals surface area contributed by atoms with Crippen LogP contribution in [0.3, 0.4) is 0 Å². The molecule has 0 aromatic carbocycles. The molecule has 0 heterocycles. The van der Waals surface area contributed by atoms with E-state index in [-0.39, 0.29) is 37.1 Å². The molecule has 0 radical (unpaired) electrons. The summed E-state index contributed by atoms with van der Waals surface area (Å²) in [5.41, 5.74) is 0. The van der Waals surface area contributed by atoms with E-state index >= 15 is 0 Å². The predicted molar refractivity (Wildman–Crippen MR) is 28.6 cm³/mol. The van der Waals surface area contributed by atoms with Crippen LogP contribution in [0.4, 0.5) is 4.79 Å². The first kappa shape index (κ1) is 16.4. The number of carbonyl (C=O) groups excluding carboxylic acids is 2. The summed E-state index contributed by atoms with van der Waals surface area (Å²) in [5, 5.41) is 0. The van der Waals surface area contributed by atoms with Gasteiger partial charge in [-0.25, -0.2) is 4.79 Å². The average molecular weight is 160 g/mol. The third kappa shape index (κ3) is 10.8. The fourth-order valence-corrected chi connectivity index (χ4v) is 0.141. The van der Waals surface area contributed by atoms with E-state index in [9.17, 15) is 9.59 Å². The smallest absolute Gasteiger partial charge is 1.00 e. The Morgan fingerprint density at radius 2 is 1.90 bits per heavy atom. The standard InChI is InChI=1S/C3H5NO4.H3N.Na.H/c1-2(5)7-3(6)8-4;;;/h4H2,1H3;1H3;;/q;;+1;-1. The van der Waals surface area contributed by atoms with Gasteiger partial charge in [0.2, 0.25) is 0 Å². The first-order valence-corrected chi connectivity index (χ1v) is 1.76. The van der Waals surface area contributed by atoms with Gasteiger partial charge in [-0.05, 0) is 0 Å². The summed E-state index contributed by atoms with van der Waals surface area (Å²) in [5.74, 6) is 3.54. The van der Waals surface area contributed by atoms with Crippen molar-refractivity contribution in [1.82, 2.24) is 6.15 Å². The molecule has 7 heteroatoms. The Labute approximate surface area is 81.3 Å². The Kier molecular flexibility index (Phi) is 14.6. The molecule has 0 aliphatic rings. The third-order valence-corrected chi connectivity index (χ3v) is 0.323. The molecule has 0 aliphatic heterocycles.